The van der Waals surface area contributed by atoms with E-state index in [9.17, 15) is 4.79 Å². The lowest BCUT2D eigenvalue weighted by Gasteiger charge is -2.20. The van der Waals surface area contributed by atoms with Crippen molar-refractivity contribution in [1.29, 1.82) is 0 Å². The van der Waals surface area contributed by atoms with Crippen molar-refractivity contribution in [1.82, 2.24) is 0 Å². The van der Waals surface area contributed by atoms with Crippen molar-refractivity contribution in [3.8, 4) is 0 Å². The van der Waals surface area contributed by atoms with E-state index in [2.05, 4.69) is 28.1 Å². The van der Waals surface area contributed by atoms with Gasteiger partial charge in [0.25, 0.3) is 0 Å². The molecule has 0 radical (unpaired) electrons. The summed E-state index contributed by atoms with van der Waals surface area (Å²) in [6, 6.07) is 8.11. The Hall–Kier alpha value is -0.890. The number of carbonyl (C=O) groups is 1. The Bertz CT molecular complexity index is 357. The lowest BCUT2D eigenvalue weighted by molar-refractivity contribution is -0.109. The lowest BCUT2D eigenvalue weighted by atomic mass is 9.90. The molecule has 0 aromatic heterocycles. The van der Waals surface area contributed by atoms with Crippen molar-refractivity contribution >= 4 is 28.3 Å². The largest absolute Gasteiger partial charge is 0.303 e. The van der Waals surface area contributed by atoms with Gasteiger partial charge in [0.1, 0.15) is 6.29 Å². The van der Waals surface area contributed by atoms with E-state index in [1.165, 1.54) is 11.1 Å². The fraction of sp³-hybridized carbons (Fsp3) is 0.182. The Kier molecular flexibility index (Phi) is 2.32. The summed E-state index contributed by atoms with van der Waals surface area (Å²) in [6.45, 7) is 0. The van der Waals surface area contributed by atoms with Gasteiger partial charge in [0.2, 0.25) is 0 Å². The van der Waals surface area contributed by atoms with Gasteiger partial charge >= 0.3 is 0 Å². The zero-order valence-electron chi connectivity index (χ0n) is 6.98. The van der Waals surface area contributed by atoms with Gasteiger partial charge in [-0.05, 0) is 11.1 Å². The number of alkyl halides is 1. The zero-order chi connectivity index (χ0) is 9.26. The first-order chi connectivity index (χ1) is 6.33. The Morgan fingerprint density at radius 2 is 2.08 bits per heavy atom. The van der Waals surface area contributed by atoms with Crippen LogP contribution in [0.3, 0.4) is 0 Å². The third kappa shape index (κ3) is 1.46. The van der Waals surface area contributed by atoms with Gasteiger partial charge in [-0.15, -0.1) is 0 Å². The highest BCUT2D eigenvalue weighted by Gasteiger charge is 2.22. The molecule has 2 rings (SSSR count). The number of carbonyl (C=O) groups excluding carboxylic acids is 1. The third-order valence-corrected chi connectivity index (χ3v) is 3.39. The molecule has 1 unspecified atom stereocenters. The second-order valence-corrected chi connectivity index (χ2v) is 4.09. The number of fused-ring (bicyclic) bond motifs is 1. The average Bonchev–Trinajstić information content (AvgIpc) is 2.19. The third-order valence-electron chi connectivity index (χ3n) is 2.29. The van der Waals surface area contributed by atoms with E-state index in [4.69, 9.17) is 0 Å². The standard InChI is InChI=1S/C11H9BrO/c12-11-9(7-13)6-5-8-3-1-2-4-10(8)11/h1-7,9,11H/t9?,11-/m0/s1. The van der Waals surface area contributed by atoms with Crippen LogP contribution in [0, 0.1) is 5.92 Å². The van der Waals surface area contributed by atoms with Crippen LogP contribution >= 0.6 is 15.9 Å². The van der Waals surface area contributed by atoms with Crippen molar-refractivity contribution in [3.05, 3.63) is 41.5 Å². The number of rotatable bonds is 1. The van der Waals surface area contributed by atoms with Gasteiger partial charge in [-0.1, -0.05) is 52.3 Å². The van der Waals surface area contributed by atoms with Crippen LogP contribution in [0.5, 0.6) is 0 Å². The van der Waals surface area contributed by atoms with E-state index in [0.717, 1.165) is 6.29 Å². The van der Waals surface area contributed by atoms with Crippen molar-refractivity contribution in [2.45, 2.75) is 4.83 Å². The van der Waals surface area contributed by atoms with E-state index >= 15 is 0 Å². The van der Waals surface area contributed by atoms with Gasteiger partial charge in [-0.3, -0.25) is 0 Å². The number of halogens is 1. The molecule has 0 heterocycles. The van der Waals surface area contributed by atoms with E-state index in [1.54, 1.807) is 0 Å². The molecule has 1 aliphatic carbocycles. The summed E-state index contributed by atoms with van der Waals surface area (Å²) in [5.41, 5.74) is 2.39. The van der Waals surface area contributed by atoms with Crippen LogP contribution in [0.2, 0.25) is 0 Å². The first-order valence-electron chi connectivity index (χ1n) is 4.19. The Morgan fingerprint density at radius 1 is 1.31 bits per heavy atom. The molecule has 0 fully saturated rings. The molecule has 0 saturated heterocycles. The Balaban J connectivity index is 2.48. The molecule has 1 aliphatic rings. The van der Waals surface area contributed by atoms with Crippen molar-refractivity contribution in [3.63, 3.8) is 0 Å². The summed E-state index contributed by atoms with van der Waals surface area (Å²) in [5.74, 6) is -0.0325. The minimum atomic E-state index is -0.0325. The highest BCUT2D eigenvalue weighted by atomic mass is 79.9. The molecule has 0 aliphatic heterocycles. The average molecular weight is 237 g/mol. The van der Waals surface area contributed by atoms with Crippen LogP contribution in [0.15, 0.2) is 30.3 Å². The lowest BCUT2D eigenvalue weighted by Crippen LogP contribution is -2.10. The molecule has 1 aromatic carbocycles. The SMILES string of the molecule is O=CC1C=Cc2ccccc2[C@H]1Br. The van der Waals surface area contributed by atoms with E-state index in [-0.39, 0.29) is 10.7 Å². The van der Waals surface area contributed by atoms with Gasteiger partial charge in [-0.25, -0.2) is 0 Å². The quantitative estimate of drug-likeness (QED) is 0.542. The number of hydrogen-bond acceptors (Lipinski definition) is 1. The summed E-state index contributed by atoms with van der Waals surface area (Å²) in [6.07, 6.45) is 4.92. The van der Waals surface area contributed by atoms with Crippen LogP contribution in [0.4, 0.5) is 0 Å². The van der Waals surface area contributed by atoms with Crippen molar-refractivity contribution in [2.75, 3.05) is 0 Å². The predicted octanol–water partition coefficient (Wildman–Crippen LogP) is 2.96. The molecule has 13 heavy (non-hydrogen) atoms. The predicted molar refractivity (Wildman–Crippen MR) is 56.7 cm³/mol. The van der Waals surface area contributed by atoms with Crippen LogP contribution < -0.4 is 0 Å². The smallest absolute Gasteiger partial charge is 0.128 e. The Morgan fingerprint density at radius 3 is 2.85 bits per heavy atom. The van der Waals surface area contributed by atoms with Gasteiger partial charge in [0, 0.05) is 5.92 Å². The maximum Gasteiger partial charge on any atom is 0.128 e. The van der Waals surface area contributed by atoms with Crippen LogP contribution in [0.1, 0.15) is 16.0 Å². The normalized spacial score (nSPS) is 25.3. The molecular formula is C11H9BrO. The highest BCUT2D eigenvalue weighted by Crippen LogP contribution is 2.37. The second-order valence-electron chi connectivity index (χ2n) is 3.10. The van der Waals surface area contributed by atoms with Gasteiger partial charge in [0.05, 0.1) is 4.83 Å². The first kappa shape index (κ1) is 8.70. The molecule has 2 heteroatoms. The maximum absolute atomic E-state index is 10.7. The molecule has 1 aromatic rings. The van der Waals surface area contributed by atoms with Crippen LogP contribution in [-0.2, 0) is 4.79 Å². The molecular weight excluding hydrogens is 228 g/mol. The maximum atomic E-state index is 10.7. The monoisotopic (exact) mass is 236 g/mol. The number of allylic oxidation sites excluding steroid dienone is 1. The molecule has 1 nitrogen and oxygen atoms in total. The molecule has 2 atom stereocenters. The van der Waals surface area contributed by atoms with Crippen LogP contribution in [-0.4, -0.2) is 6.29 Å². The summed E-state index contributed by atoms with van der Waals surface area (Å²) >= 11 is 3.53. The summed E-state index contributed by atoms with van der Waals surface area (Å²) < 4.78 is 0. The molecule has 66 valence electrons. The van der Waals surface area contributed by atoms with Crippen molar-refractivity contribution in [2.24, 2.45) is 5.92 Å². The number of benzene rings is 1. The topological polar surface area (TPSA) is 17.1 Å². The minimum Gasteiger partial charge on any atom is -0.303 e. The van der Waals surface area contributed by atoms with Gasteiger partial charge in [-0.2, -0.15) is 0 Å². The molecule has 0 spiro atoms. The number of hydrogen-bond donors (Lipinski definition) is 0. The summed E-state index contributed by atoms with van der Waals surface area (Å²) in [5, 5.41) is 0. The summed E-state index contributed by atoms with van der Waals surface area (Å²) in [7, 11) is 0. The van der Waals surface area contributed by atoms with Crippen molar-refractivity contribution < 1.29 is 4.79 Å². The van der Waals surface area contributed by atoms with Crippen LogP contribution in [0.25, 0.3) is 6.08 Å². The fourth-order valence-corrected chi connectivity index (χ4v) is 2.27. The Labute approximate surface area is 85.6 Å². The number of aldehydes is 1. The van der Waals surface area contributed by atoms with Gasteiger partial charge < -0.3 is 4.79 Å². The minimum absolute atomic E-state index is 0.0325. The molecule has 0 amide bonds. The van der Waals surface area contributed by atoms with E-state index in [1.807, 2.05) is 24.3 Å². The highest BCUT2D eigenvalue weighted by molar-refractivity contribution is 9.09. The van der Waals surface area contributed by atoms with Gasteiger partial charge in [0.15, 0.2) is 0 Å². The second kappa shape index (κ2) is 3.46. The zero-order valence-corrected chi connectivity index (χ0v) is 8.57. The fourth-order valence-electron chi connectivity index (χ4n) is 1.55. The molecule has 0 N–H and O–H groups in total. The van der Waals surface area contributed by atoms with E-state index in [0.29, 0.717) is 0 Å². The first-order valence-corrected chi connectivity index (χ1v) is 5.11. The van der Waals surface area contributed by atoms with E-state index < -0.39 is 0 Å². The summed E-state index contributed by atoms with van der Waals surface area (Å²) in [4.78, 5) is 10.8. The molecule has 0 bridgehead atoms. The molecule has 0 saturated carbocycles.